The molecule has 1 aromatic carbocycles. The van der Waals surface area contributed by atoms with Gasteiger partial charge in [-0.2, -0.15) is 0 Å². The molecule has 0 aliphatic carbocycles. The first kappa shape index (κ1) is 17.9. The second kappa shape index (κ2) is 7.47. The molecule has 1 aromatic rings. The molecule has 0 aromatic heterocycles. The van der Waals surface area contributed by atoms with Crippen LogP contribution in [0, 0.1) is 6.92 Å². The number of aryl methyl sites for hydroxylation is 1. The van der Waals surface area contributed by atoms with Crippen molar-refractivity contribution in [3.63, 3.8) is 0 Å². The van der Waals surface area contributed by atoms with E-state index in [2.05, 4.69) is 0 Å². The molecule has 0 aliphatic heterocycles. The van der Waals surface area contributed by atoms with Crippen LogP contribution in [0.1, 0.15) is 5.56 Å². The molecule has 0 spiro atoms. The van der Waals surface area contributed by atoms with Gasteiger partial charge in [0.1, 0.15) is 18.2 Å². The molecule has 19 heavy (non-hydrogen) atoms. The number of ether oxygens (including phenoxy) is 1. The zero-order valence-corrected chi connectivity index (χ0v) is 12.4. The van der Waals surface area contributed by atoms with E-state index in [0.717, 1.165) is 6.26 Å². The Morgan fingerprint density at radius 1 is 1.47 bits per heavy atom. The normalized spacial score (nSPS) is 11.9. The highest BCUT2D eigenvalue weighted by atomic mass is 35.5. The highest BCUT2D eigenvalue weighted by molar-refractivity contribution is 7.90. The van der Waals surface area contributed by atoms with Crippen molar-refractivity contribution in [3.8, 4) is 5.75 Å². The summed E-state index contributed by atoms with van der Waals surface area (Å²) in [5.41, 5.74) is 5.72. The molecule has 0 atom stereocenters. The van der Waals surface area contributed by atoms with Gasteiger partial charge in [-0.3, -0.25) is 0 Å². The van der Waals surface area contributed by atoms with Gasteiger partial charge in [0.05, 0.1) is 4.90 Å². The monoisotopic (exact) mass is 309 g/mol. The fourth-order valence-corrected chi connectivity index (χ4v) is 2.43. The van der Waals surface area contributed by atoms with Crippen molar-refractivity contribution in [2.45, 2.75) is 11.8 Å². The molecule has 0 radical (unpaired) electrons. The molecule has 0 unspecified atom stereocenters. The van der Waals surface area contributed by atoms with E-state index in [9.17, 15) is 12.8 Å². The van der Waals surface area contributed by atoms with E-state index in [1.165, 1.54) is 18.2 Å². The summed E-state index contributed by atoms with van der Waals surface area (Å²) in [5, 5.41) is 0. The average Bonchev–Trinajstić information content (AvgIpc) is 2.25. The number of benzene rings is 1. The maximum absolute atomic E-state index is 13.0. The van der Waals surface area contributed by atoms with Crippen LogP contribution in [0.3, 0.4) is 0 Å². The third kappa shape index (κ3) is 5.59. The van der Waals surface area contributed by atoms with Crippen LogP contribution in [0.2, 0.25) is 0 Å². The van der Waals surface area contributed by atoms with E-state index >= 15 is 0 Å². The van der Waals surface area contributed by atoms with E-state index in [-0.39, 0.29) is 30.5 Å². The van der Waals surface area contributed by atoms with Gasteiger partial charge in [0.25, 0.3) is 0 Å². The fraction of sp³-hybridized carbons (Fsp3) is 0.333. The van der Waals surface area contributed by atoms with E-state index < -0.39 is 15.7 Å². The predicted molar refractivity (Wildman–Crippen MR) is 75.3 cm³/mol. The minimum absolute atomic E-state index is 0. The van der Waals surface area contributed by atoms with E-state index in [4.69, 9.17) is 10.5 Å². The summed E-state index contributed by atoms with van der Waals surface area (Å²) >= 11 is 0. The number of hydrogen-bond donors (Lipinski definition) is 1. The number of nitrogens with two attached hydrogens (primary N) is 1. The molecular weight excluding hydrogens is 293 g/mol. The van der Waals surface area contributed by atoms with E-state index in [1.807, 2.05) is 0 Å². The molecule has 0 saturated heterocycles. The Morgan fingerprint density at radius 2 is 2.11 bits per heavy atom. The number of rotatable bonds is 5. The van der Waals surface area contributed by atoms with Gasteiger partial charge in [-0.1, -0.05) is 0 Å². The molecule has 108 valence electrons. The number of sulfone groups is 1. The average molecular weight is 310 g/mol. The van der Waals surface area contributed by atoms with Crippen LogP contribution in [0.5, 0.6) is 5.75 Å². The van der Waals surface area contributed by atoms with Crippen LogP contribution in [-0.4, -0.2) is 27.8 Å². The van der Waals surface area contributed by atoms with Gasteiger partial charge in [0.2, 0.25) is 0 Å². The summed E-state index contributed by atoms with van der Waals surface area (Å²) in [5.74, 6) is -0.0391. The van der Waals surface area contributed by atoms with Crippen LogP contribution in [-0.2, 0) is 9.84 Å². The quantitative estimate of drug-likeness (QED) is 0.903. The molecule has 0 aliphatic rings. The number of hydrogen-bond acceptors (Lipinski definition) is 4. The SMILES string of the molecule is Cc1cc(OC/C(F)=C/CN)ccc1S(C)(=O)=O.Cl. The summed E-state index contributed by atoms with van der Waals surface area (Å²) in [6.45, 7) is 1.56. The molecule has 0 amide bonds. The lowest BCUT2D eigenvalue weighted by atomic mass is 10.2. The lowest BCUT2D eigenvalue weighted by molar-refractivity contribution is 0.318. The fourth-order valence-electron chi connectivity index (χ4n) is 1.47. The molecule has 0 saturated carbocycles. The first-order chi connectivity index (χ1) is 8.34. The molecule has 4 nitrogen and oxygen atoms in total. The van der Waals surface area contributed by atoms with Gasteiger partial charge in [0, 0.05) is 12.8 Å². The molecule has 0 bridgehead atoms. The lowest BCUT2D eigenvalue weighted by Gasteiger charge is -2.08. The Kier molecular flexibility index (Phi) is 7.04. The Bertz CT molecular complexity index is 558. The van der Waals surface area contributed by atoms with Crippen molar-refractivity contribution >= 4 is 22.2 Å². The summed E-state index contributed by atoms with van der Waals surface area (Å²) in [6.07, 6.45) is 2.36. The van der Waals surface area contributed by atoms with Gasteiger partial charge >= 0.3 is 0 Å². The van der Waals surface area contributed by atoms with Crippen molar-refractivity contribution < 1.29 is 17.5 Å². The molecular formula is C12H17ClFNO3S. The van der Waals surface area contributed by atoms with Gasteiger partial charge < -0.3 is 10.5 Å². The molecule has 7 heteroatoms. The standard InChI is InChI=1S/C12H16FNO3S.ClH/c1-9-7-11(17-8-10(13)5-6-14)3-4-12(9)18(2,15)16;/h3-5,7H,6,8,14H2,1-2H3;1H/b10-5-;. The zero-order valence-electron chi connectivity index (χ0n) is 10.7. The summed E-state index contributed by atoms with van der Waals surface area (Å²) < 4.78 is 41.0. The molecule has 0 heterocycles. The van der Waals surface area contributed by atoms with Crippen LogP contribution in [0.25, 0.3) is 0 Å². The Morgan fingerprint density at radius 3 is 2.58 bits per heavy atom. The first-order valence-electron chi connectivity index (χ1n) is 5.32. The summed E-state index contributed by atoms with van der Waals surface area (Å²) in [6, 6.07) is 4.51. The van der Waals surface area contributed by atoms with Gasteiger partial charge in [-0.15, -0.1) is 12.4 Å². The summed E-state index contributed by atoms with van der Waals surface area (Å²) in [4.78, 5) is 0.243. The van der Waals surface area contributed by atoms with Crippen molar-refractivity contribution in [2.24, 2.45) is 5.73 Å². The maximum atomic E-state index is 13.0. The predicted octanol–water partition coefficient (Wildman–Crippen LogP) is 2.01. The van der Waals surface area contributed by atoms with Crippen molar-refractivity contribution in [1.82, 2.24) is 0 Å². The van der Waals surface area contributed by atoms with E-state index in [1.54, 1.807) is 13.0 Å². The molecule has 1 rings (SSSR count). The largest absolute Gasteiger partial charge is 0.487 e. The Balaban J connectivity index is 0.00000324. The Labute approximate surface area is 118 Å². The maximum Gasteiger partial charge on any atom is 0.175 e. The highest BCUT2D eigenvalue weighted by Crippen LogP contribution is 2.21. The molecule has 0 fully saturated rings. The molecule has 2 N–H and O–H groups in total. The van der Waals surface area contributed by atoms with Gasteiger partial charge in [-0.05, 0) is 36.8 Å². The van der Waals surface area contributed by atoms with Gasteiger partial charge in [-0.25, -0.2) is 12.8 Å². The van der Waals surface area contributed by atoms with Crippen LogP contribution < -0.4 is 10.5 Å². The Hall–Kier alpha value is -1.11. The number of halogens is 2. The van der Waals surface area contributed by atoms with Gasteiger partial charge in [0.15, 0.2) is 9.84 Å². The van der Waals surface area contributed by atoms with Crippen LogP contribution in [0.15, 0.2) is 35.0 Å². The highest BCUT2D eigenvalue weighted by Gasteiger charge is 2.11. The first-order valence-corrected chi connectivity index (χ1v) is 7.22. The minimum Gasteiger partial charge on any atom is -0.487 e. The second-order valence-electron chi connectivity index (χ2n) is 3.87. The van der Waals surface area contributed by atoms with Crippen LogP contribution in [0.4, 0.5) is 4.39 Å². The van der Waals surface area contributed by atoms with Crippen LogP contribution >= 0.6 is 12.4 Å². The van der Waals surface area contributed by atoms with E-state index in [0.29, 0.717) is 11.3 Å². The smallest absolute Gasteiger partial charge is 0.175 e. The third-order valence-corrected chi connectivity index (χ3v) is 3.52. The third-order valence-electron chi connectivity index (χ3n) is 2.26. The topological polar surface area (TPSA) is 69.4 Å². The lowest BCUT2D eigenvalue weighted by Crippen LogP contribution is -2.03. The second-order valence-corrected chi connectivity index (χ2v) is 5.86. The zero-order chi connectivity index (χ0) is 13.8. The summed E-state index contributed by atoms with van der Waals surface area (Å²) in [7, 11) is -3.25. The van der Waals surface area contributed by atoms with Crippen molar-refractivity contribution in [3.05, 3.63) is 35.7 Å². The minimum atomic E-state index is -3.25. The van der Waals surface area contributed by atoms with Crippen molar-refractivity contribution in [1.29, 1.82) is 0 Å². The van der Waals surface area contributed by atoms with Crippen molar-refractivity contribution in [2.75, 3.05) is 19.4 Å².